The SMILES string of the molecule is CCN1CCC(Oc2cccc3c2CNC3)C1. The largest absolute Gasteiger partial charge is 0.489 e. The summed E-state index contributed by atoms with van der Waals surface area (Å²) in [5, 5.41) is 3.38. The number of hydrogen-bond acceptors (Lipinski definition) is 3. The Labute approximate surface area is 103 Å². The van der Waals surface area contributed by atoms with E-state index in [1.54, 1.807) is 0 Å². The lowest BCUT2D eigenvalue weighted by Gasteiger charge is -2.17. The van der Waals surface area contributed by atoms with Gasteiger partial charge in [0.2, 0.25) is 0 Å². The van der Waals surface area contributed by atoms with Crippen molar-refractivity contribution in [3.05, 3.63) is 29.3 Å². The Morgan fingerprint density at radius 3 is 3.18 bits per heavy atom. The van der Waals surface area contributed by atoms with E-state index in [-0.39, 0.29) is 0 Å². The lowest BCUT2D eigenvalue weighted by molar-refractivity contribution is 0.201. The minimum Gasteiger partial charge on any atom is -0.489 e. The fourth-order valence-corrected chi connectivity index (χ4v) is 2.77. The minimum absolute atomic E-state index is 0.377. The number of ether oxygens (including phenoxy) is 1. The molecule has 0 saturated carbocycles. The third kappa shape index (κ3) is 2.17. The number of benzene rings is 1. The molecule has 1 N–H and O–H groups in total. The summed E-state index contributed by atoms with van der Waals surface area (Å²) in [6.07, 6.45) is 1.53. The van der Waals surface area contributed by atoms with Crippen LogP contribution in [0.5, 0.6) is 5.75 Å². The number of fused-ring (bicyclic) bond motifs is 1. The van der Waals surface area contributed by atoms with Crippen LogP contribution in [-0.2, 0) is 13.1 Å². The molecule has 1 atom stereocenters. The van der Waals surface area contributed by atoms with Gasteiger partial charge in [-0.2, -0.15) is 0 Å². The number of likely N-dealkylation sites (tertiary alicyclic amines) is 1. The van der Waals surface area contributed by atoms with E-state index in [0.29, 0.717) is 6.10 Å². The van der Waals surface area contributed by atoms with Gasteiger partial charge >= 0.3 is 0 Å². The lowest BCUT2D eigenvalue weighted by Crippen LogP contribution is -2.24. The maximum atomic E-state index is 6.17. The predicted octanol–water partition coefficient (Wildman–Crippen LogP) is 1.76. The molecule has 2 aliphatic rings. The van der Waals surface area contributed by atoms with Gasteiger partial charge in [0.15, 0.2) is 0 Å². The molecular weight excluding hydrogens is 212 g/mol. The van der Waals surface area contributed by atoms with Gasteiger partial charge in [-0.3, -0.25) is 4.90 Å². The highest BCUT2D eigenvalue weighted by molar-refractivity contribution is 5.42. The molecule has 17 heavy (non-hydrogen) atoms. The molecule has 0 spiro atoms. The van der Waals surface area contributed by atoms with Gasteiger partial charge in [0.1, 0.15) is 11.9 Å². The van der Waals surface area contributed by atoms with E-state index in [4.69, 9.17) is 4.74 Å². The van der Waals surface area contributed by atoms with Crippen LogP contribution >= 0.6 is 0 Å². The Balaban J connectivity index is 1.72. The van der Waals surface area contributed by atoms with Gasteiger partial charge in [0, 0.05) is 31.7 Å². The zero-order valence-corrected chi connectivity index (χ0v) is 10.4. The summed E-state index contributed by atoms with van der Waals surface area (Å²) in [5.41, 5.74) is 2.76. The van der Waals surface area contributed by atoms with Crippen molar-refractivity contribution < 1.29 is 4.74 Å². The van der Waals surface area contributed by atoms with E-state index in [1.165, 1.54) is 17.7 Å². The molecule has 1 saturated heterocycles. The molecule has 1 unspecified atom stereocenters. The van der Waals surface area contributed by atoms with E-state index in [1.807, 2.05) is 0 Å². The zero-order chi connectivity index (χ0) is 11.7. The molecule has 3 rings (SSSR count). The van der Waals surface area contributed by atoms with Gasteiger partial charge in [-0.15, -0.1) is 0 Å². The van der Waals surface area contributed by atoms with E-state index in [9.17, 15) is 0 Å². The van der Waals surface area contributed by atoms with Gasteiger partial charge < -0.3 is 10.1 Å². The number of hydrogen-bond donors (Lipinski definition) is 1. The lowest BCUT2D eigenvalue weighted by atomic mass is 10.1. The van der Waals surface area contributed by atoms with Crippen LogP contribution in [0.3, 0.4) is 0 Å². The normalized spacial score (nSPS) is 23.9. The van der Waals surface area contributed by atoms with Crippen LogP contribution in [0.1, 0.15) is 24.5 Å². The maximum absolute atomic E-state index is 6.17. The van der Waals surface area contributed by atoms with Crippen LogP contribution in [0.2, 0.25) is 0 Å². The highest BCUT2D eigenvalue weighted by atomic mass is 16.5. The van der Waals surface area contributed by atoms with Gasteiger partial charge in [0.25, 0.3) is 0 Å². The van der Waals surface area contributed by atoms with Crippen LogP contribution in [0.25, 0.3) is 0 Å². The predicted molar refractivity (Wildman–Crippen MR) is 68.1 cm³/mol. The summed E-state index contributed by atoms with van der Waals surface area (Å²) in [5.74, 6) is 1.09. The standard InChI is InChI=1S/C14H20N2O/c1-2-16-7-6-12(10-16)17-14-5-3-4-11-8-15-9-13(11)14/h3-5,12,15H,2,6-10H2,1H3. The van der Waals surface area contributed by atoms with Gasteiger partial charge in [0.05, 0.1) is 0 Å². The first-order valence-corrected chi connectivity index (χ1v) is 6.57. The molecule has 3 heteroatoms. The Morgan fingerprint density at radius 2 is 2.35 bits per heavy atom. The highest BCUT2D eigenvalue weighted by Crippen LogP contribution is 2.28. The molecule has 1 aromatic rings. The van der Waals surface area contributed by atoms with Gasteiger partial charge in [-0.1, -0.05) is 19.1 Å². The van der Waals surface area contributed by atoms with Crippen molar-refractivity contribution in [2.75, 3.05) is 19.6 Å². The van der Waals surface area contributed by atoms with Crippen molar-refractivity contribution >= 4 is 0 Å². The fraction of sp³-hybridized carbons (Fsp3) is 0.571. The topological polar surface area (TPSA) is 24.5 Å². The summed E-state index contributed by atoms with van der Waals surface area (Å²) < 4.78 is 6.17. The smallest absolute Gasteiger partial charge is 0.124 e. The third-order valence-electron chi connectivity index (χ3n) is 3.82. The molecule has 92 valence electrons. The van der Waals surface area contributed by atoms with Crippen molar-refractivity contribution in [1.29, 1.82) is 0 Å². The first kappa shape index (κ1) is 11.1. The van der Waals surface area contributed by atoms with Crippen LogP contribution in [-0.4, -0.2) is 30.6 Å². The first-order chi connectivity index (χ1) is 8.36. The molecule has 0 radical (unpaired) electrons. The van der Waals surface area contributed by atoms with Crippen LogP contribution < -0.4 is 10.1 Å². The van der Waals surface area contributed by atoms with E-state index in [2.05, 4.69) is 35.3 Å². The average Bonchev–Trinajstić information content (AvgIpc) is 2.97. The van der Waals surface area contributed by atoms with Crippen molar-refractivity contribution in [3.8, 4) is 5.75 Å². The highest BCUT2D eigenvalue weighted by Gasteiger charge is 2.24. The molecule has 3 nitrogen and oxygen atoms in total. The third-order valence-corrected chi connectivity index (χ3v) is 3.82. The monoisotopic (exact) mass is 232 g/mol. The summed E-state index contributed by atoms with van der Waals surface area (Å²) >= 11 is 0. The molecular formula is C14H20N2O. The Morgan fingerprint density at radius 1 is 1.41 bits per heavy atom. The van der Waals surface area contributed by atoms with Gasteiger partial charge in [-0.25, -0.2) is 0 Å². The van der Waals surface area contributed by atoms with Gasteiger partial charge in [-0.05, 0) is 24.6 Å². The van der Waals surface area contributed by atoms with Crippen LogP contribution in [0.4, 0.5) is 0 Å². The van der Waals surface area contributed by atoms with E-state index in [0.717, 1.165) is 38.3 Å². The minimum atomic E-state index is 0.377. The fourth-order valence-electron chi connectivity index (χ4n) is 2.77. The zero-order valence-electron chi connectivity index (χ0n) is 10.4. The second-order valence-corrected chi connectivity index (χ2v) is 4.92. The van der Waals surface area contributed by atoms with Crippen molar-refractivity contribution in [2.45, 2.75) is 32.5 Å². The summed E-state index contributed by atoms with van der Waals surface area (Å²) in [6.45, 7) is 7.54. The molecule has 0 aromatic heterocycles. The van der Waals surface area contributed by atoms with Crippen LogP contribution in [0, 0.1) is 0 Å². The van der Waals surface area contributed by atoms with E-state index >= 15 is 0 Å². The summed E-state index contributed by atoms with van der Waals surface area (Å²) in [7, 11) is 0. The molecule has 1 aromatic carbocycles. The van der Waals surface area contributed by atoms with Crippen LogP contribution in [0.15, 0.2) is 18.2 Å². The number of likely N-dealkylation sites (N-methyl/N-ethyl adjacent to an activating group) is 1. The average molecular weight is 232 g/mol. The molecule has 0 aliphatic carbocycles. The molecule has 2 aliphatic heterocycles. The second-order valence-electron chi connectivity index (χ2n) is 4.92. The summed E-state index contributed by atoms with van der Waals surface area (Å²) in [4.78, 5) is 2.45. The molecule has 2 heterocycles. The number of rotatable bonds is 3. The number of nitrogens with one attached hydrogen (secondary N) is 1. The molecule has 0 bridgehead atoms. The Bertz CT molecular complexity index is 405. The maximum Gasteiger partial charge on any atom is 0.124 e. The Hall–Kier alpha value is -1.06. The van der Waals surface area contributed by atoms with E-state index < -0.39 is 0 Å². The Kier molecular flexibility index (Phi) is 3.04. The first-order valence-electron chi connectivity index (χ1n) is 6.57. The van der Waals surface area contributed by atoms with Crippen molar-refractivity contribution in [2.24, 2.45) is 0 Å². The summed E-state index contributed by atoms with van der Waals surface area (Å²) in [6, 6.07) is 6.41. The second kappa shape index (κ2) is 4.67. The molecule has 0 amide bonds. The number of nitrogens with zero attached hydrogens (tertiary/aromatic N) is 1. The van der Waals surface area contributed by atoms with Crippen molar-refractivity contribution in [1.82, 2.24) is 10.2 Å². The molecule has 1 fully saturated rings. The van der Waals surface area contributed by atoms with Crippen molar-refractivity contribution in [3.63, 3.8) is 0 Å². The quantitative estimate of drug-likeness (QED) is 0.859.